The van der Waals surface area contributed by atoms with Crippen LogP contribution >= 0.6 is 11.6 Å². The highest BCUT2D eigenvalue weighted by Crippen LogP contribution is 2.27. The van der Waals surface area contributed by atoms with E-state index in [0.29, 0.717) is 12.3 Å². The second-order valence-corrected chi connectivity index (χ2v) is 6.33. The minimum Gasteiger partial charge on any atom is -0.356 e. The van der Waals surface area contributed by atoms with Gasteiger partial charge in [-0.05, 0) is 32.3 Å². The molecule has 1 aliphatic rings. The van der Waals surface area contributed by atoms with E-state index >= 15 is 0 Å². The van der Waals surface area contributed by atoms with Crippen molar-refractivity contribution in [2.45, 2.75) is 32.4 Å². The zero-order chi connectivity index (χ0) is 17.4. The van der Waals surface area contributed by atoms with E-state index in [0.717, 1.165) is 30.3 Å². The van der Waals surface area contributed by atoms with Gasteiger partial charge in [-0.3, -0.25) is 0 Å². The topological polar surface area (TPSA) is 77.8 Å². The molecule has 4 heterocycles. The quantitative estimate of drug-likeness (QED) is 0.764. The zero-order valence-electron chi connectivity index (χ0n) is 13.5. The van der Waals surface area contributed by atoms with Gasteiger partial charge < -0.3 is 10.1 Å². The molecule has 3 aromatic rings. The smallest absolute Gasteiger partial charge is 0.230 e. The Kier molecular flexibility index (Phi) is 4.22. The summed E-state index contributed by atoms with van der Waals surface area (Å²) in [6.07, 6.45) is 5.97. The highest BCUT2D eigenvalue weighted by Gasteiger charge is 2.21. The Morgan fingerprint density at radius 2 is 2.20 bits per heavy atom. The van der Waals surface area contributed by atoms with E-state index in [1.165, 1.54) is 12.3 Å². The lowest BCUT2D eigenvalue weighted by atomic mass is 10.2. The summed E-state index contributed by atoms with van der Waals surface area (Å²) in [5.74, 6) is -0.308. The summed E-state index contributed by atoms with van der Waals surface area (Å²) in [6, 6.07) is 1.18. The molecule has 4 rings (SSSR count). The number of hydrogen-bond acceptors (Lipinski definition) is 6. The van der Waals surface area contributed by atoms with Crippen molar-refractivity contribution in [2.75, 3.05) is 11.9 Å². The lowest BCUT2D eigenvalue weighted by Crippen LogP contribution is -2.19. The summed E-state index contributed by atoms with van der Waals surface area (Å²) in [5, 5.41) is 8.28. The van der Waals surface area contributed by atoms with Crippen molar-refractivity contribution >= 4 is 34.4 Å². The van der Waals surface area contributed by atoms with Crippen LogP contribution < -0.4 is 5.32 Å². The van der Waals surface area contributed by atoms with Crippen molar-refractivity contribution in [1.82, 2.24) is 24.7 Å². The second-order valence-electron chi connectivity index (χ2n) is 5.89. The lowest BCUT2D eigenvalue weighted by Gasteiger charge is -2.23. The lowest BCUT2D eigenvalue weighted by molar-refractivity contribution is -0.0370. The van der Waals surface area contributed by atoms with Crippen LogP contribution in [0.2, 0.25) is 5.02 Å². The fourth-order valence-electron chi connectivity index (χ4n) is 2.86. The van der Waals surface area contributed by atoms with Crippen molar-refractivity contribution in [2.24, 2.45) is 0 Å². The number of pyridine rings is 1. The van der Waals surface area contributed by atoms with Crippen molar-refractivity contribution in [3.63, 3.8) is 0 Å². The van der Waals surface area contributed by atoms with Crippen LogP contribution in [0.5, 0.6) is 0 Å². The number of hydrogen-bond donors (Lipinski definition) is 1. The van der Waals surface area contributed by atoms with Crippen LogP contribution in [0.3, 0.4) is 0 Å². The van der Waals surface area contributed by atoms with Gasteiger partial charge in [0.05, 0.1) is 22.3 Å². The summed E-state index contributed by atoms with van der Waals surface area (Å²) in [4.78, 5) is 12.8. The first-order valence-electron chi connectivity index (χ1n) is 8.03. The Balaban J connectivity index is 1.72. The van der Waals surface area contributed by atoms with E-state index in [4.69, 9.17) is 16.3 Å². The summed E-state index contributed by atoms with van der Waals surface area (Å²) >= 11 is 5.73. The molecule has 1 atom stereocenters. The average molecular weight is 363 g/mol. The van der Waals surface area contributed by atoms with Crippen molar-refractivity contribution < 1.29 is 9.13 Å². The van der Waals surface area contributed by atoms with Crippen molar-refractivity contribution in [1.29, 1.82) is 0 Å². The zero-order valence-corrected chi connectivity index (χ0v) is 14.3. The Morgan fingerprint density at radius 1 is 1.32 bits per heavy atom. The maximum Gasteiger partial charge on any atom is 0.230 e. The Morgan fingerprint density at radius 3 is 2.96 bits per heavy atom. The van der Waals surface area contributed by atoms with Gasteiger partial charge in [-0.15, -0.1) is 0 Å². The molecule has 1 unspecified atom stereocenters. The van der Waals surface area contributed by atoms with Crippen LogP contribution in [0.25, 0.3) is 11.0 Å². The van der Waals surface area contributed by atoms with Gasteiger partial charge in [0.1, 0.15) is 0 Å². The molecule has 0 spiro atoms. The molecule has 1 aliphatic heterocycles. The third-order valence-electron chi connectivity index (χ3n) is 4.11. The van der Waals surface area contributed by atoms with E-state index in [9.17, 15) is 4.39 Å². The number of aryl methyl sites for hydroxylation is 1. The first-order valence-corrected chi connectivity index (χ1v) is 8.41. The van der Waals surface area contributed by atoms with Crippen molar-refractivity contribution in [3.05, 3.63) is 35.0 Å². The molecule has 0 bridgehead atoms. The van der Waals surface area contributed by atoms with Gasteiger partial charge in [-0.1, -0.05) is 11.6 Å². The number of nitrogens with one attached hydrogen (secondary N) is 1. The molecule has 3 aromatic heterocycles. The first kappa shape index (κ1) is 16.2. The van der Waals surface area contributed by atoms with Crippen LogP contribution in [0.15, 0.2) is 18.5 Å². The Bertz CT molecular complexity index is 924. The molecule has 0 amide bonds. The number of rotatable bonds is 3. The minimum absolute atomic E-state index is 0.0168. The molecule has 9 heteroatoms. The van der Waals surface area contributed by atoms with Gasteiger partial charge in [0, 0.05) is 12.8 Å². The van der Waals surface area contributed by atoms with Crippen LogP contribution in [0.1, 0.15) is 31.2 Å². The fraction of sp³-hybridized carbons (Fsp3) is 0.375. The van der Waals surface area contributed by atoms with Gasteiger partial charge >= 0.3 is 0 Å². The van der Waals surface area contributed by atoms with E-state index in [-0.39, 0.29) is 23.0 Å². The maximum absolute atomic E-state index is 14.0. The summed E-state index contributed by atoms with van der Waals surface area (Å²) < 4.78 is 21.5. The summed E-state index contributed by atoms with van der Waals surface area (Å²) in [6.45, 7) is 2.57. The second kappa shape index (κ2) is 6.53. The van der Waals surface area contributed by atoms with Gasteiger partial charge in [-0.25, -0.2) is 19.0 Å². The molecule has 0 radical (unpaired) electrons. The monoisotopic (exact) mass is 362 g/mol. The molecule has 7 nitrogen and oxygen atoms in total. The SMILES string of the molecule is Cc1nc(Nc2ncc(Cl)cc2F)nc2c1cnn2C1CCCCO1. The van der Waals surface area contributed by atoms with Gasteiger partial charge in [0.15, 0.2) is 23.5 Å². The summed E-state index contributed by atoms with van der Waals surface area (Å²) in [5.41, 5.74) is 1.39. The molecule has 1 saturated heterocycles. The van der Waals surface area contributed by atoms with Crippen LogP contribution in [-0.4, -0.2) is 31.3 Å². The highest BCUT2D eigenvalue weighted by atomic mass is 35.5. The normalized spacial score (nSPS) is 17.8. The van der Waals surface area contributed by atoms with E-state index in [2.05, 4.69) is 25.4 Å². The van der Waals surface area contributed by atoms with Gasteiger partial charge in [-0.2, -0.15) is 10.1 Å². The molecule has 25 heavy (non-hydrogen) atoms. The summed E-state index contributed by atoms with van der Waals surface area (Å²) in [7, 11) is 0. The number of nitrogens with zero attached hydrogens (tertiary/aromatic N) is 5. The molecule has 0 aliphatic carbocycles. The van der Waals surface area contributed by atoms with Crippen molar-refractivity contribution in [3.8, 4) is 0 Å². The van der Waals surface area contributed by atoms with Gasteiger partial charge in [0.2, 0.25) is 5.95 Å². The predicted molar refractivity (Wildman–Crippen MR) is 91.4 cm³/mol. The Labute approximate surface area is 148 Å². The number of fused-ring (bicyclic) bond motifs is 1. The third kappa shape index (κ3) is 3.14. The molecular weight excluding hydrogens is 347 g/mol. The largest absolute Gasteiger partial charge is 0.356 e. The molecular formula is C16H16ClFN6O. The van der Waals surface area contributed by atoms with Crippen LogP contribution in [-0.2, 0) is 4.74 Å². The highest BCUT2D eigenvalue weighted by molar-refractivity contribution is 6.30. The molecule has 1 fully saturated rings. The molecule has 0 aromatic carbocycles. The van der Waals surface area contributed by atoms with E-state index in [1.54, 1.807) is 10.9 Å². The predicted octanol–water partition coefficient (Wildman–Crippen LogP) is 3.76. The van der Waals surface area contributed by atoms with E-state index in [1.807, 2.05) is 6.92 Å². The maximum atomic E-state index is 14.0. The molecule has 1 N–H and O–H groups in total. The van der Waals surface area contributed by atoms with Crippen LogP contribution in [0.4, 0.5) is 16.2 Å². The fourth-order valence-corrected chi connectivity index (χ4v) is 3.01. The third-order valence-corrected chi connectivity index (χ3v) is 4.32. The molecule has 130 valence electrons. The van der Waals surface area contributed by atoms with Gasteiger partial charge in [0.25, 0.3) is 0 Å². The molecule has 0 saturated carbocycles. The number of anilines is 2. The van der Waals surface area contributed by atoms with E-state index < -0.39 is 5.82 Å². The van der Waals surface area contributed by atoms with Crippen LogP contribution in [0, 0.1) is 12.7 Å². The standard InChI is InChI=1S/C16H16ClFN6O/c1-9-11-8-20-24(13-4-2-3-5-25-13)15(11)23-16(21-9)22-14-12(18)6-10(17)7-19-14/h6-8,13H,2-5H2,1H3,(H,19,21,22,23). The first-order chi connectivity index (χ1) is 12.1. The Hall–Kier alpha value is -2.32. The number of aromatic nitrogens is 5. The average Bonchev–Trinajstić information content (AvgIpc) is 3.03. The number of halogens is 2. The number of ether oxygens (including phenoxy) is 1. The minimum atomic E-state index is -0.571.